The maximum absolute atomic E-state index is 10.9. The zero-order valence-corrected chi connectivity index (χ0v) is 8.89. The van der Waals surface area contributed by atoms with Crippen LogP contribution in [0.1, 0.15) is 33.6 Å². The van der Waals surface area contributed by atoms with Crippen molar-refractivity contribution in [1.29, 1.82) is 0 Å². The van der Waals surface area contributed by atoms with E-state index in [0.29, 0.717) is 5.57 Å². The van der Waals surface area contributed by atoms with E-state index in [1.165, 1.54) is 12.7 Å². The smallest absolute Gasteiger partial charge is 0.333 e. The van der Waals surface area contributed by atoms with Crippen LogP contribution < -0.4 is 0 Å². The Labute approximate surface area is 80.3 Å². The molecule has 0 atom stereocenters. The highest BCUT2D eigenvalue weighted by atomic mass is 16.5. The Hall–Kier alpha value is -1.05. The van der Waals surface area contributed by atoms with E-state index in [4.69, 9.17) is 0 Å². The molecule has 0 saturated heterocycles. The van der Waals surface area contributed by atoms with Gasteiger partial charge in [0.25, 0.3) is 0 Å². The van der Waals surface area contributed by atoms with Crippen LogP contribution in [0, 0.1) is 0 Å². The van der Waals surface area contributed by atoms with Gasteiger partial charge < -0.3 is 4.74 Å². The van der Waals surface area contributed by atoms with Gasteiger partial charge in [0.15, 0.2) is 0 Å². The van der Waals surface area contributed by atoms with Crippen LogP contribution in [0.15, 0.2) is 23.3 Å². The van der Waals surface area contributed by atoms with Crippen molar-refractivity contribution in [3.8, 4) is 0 Å². The third-order valence-electron chi connectivity index (χ3n) is 1.68. The van der Waals surface area contributed by atoms with Gasteiger partial charge >= 0.3 is 5.97 Å². The van der Waals surface area contributed by atoms with Crippen molar-refractivity contribution in [2.45, 2.75) is 33.6 Å². The van der Waals surface area contributed by atoms with E-state index in [9.17, 15) is 4.79 Å². The highest BCUT2D eigenvalue weighted by Crippen LogP contribution is 2.02. The van der Waals surface area contributed by atoms with Crippen molar-refractivity contribution >= 4 is 5.97 Å². The number of carbonyl (C=O) groups is 1. The van der Waals surface area contributed by atoms with E-state index in [-0.39, 0.29) is 5.97 Å². The Morgan fingerprint density at radius 3 is 2.15 bits per heavy atom. The number of unbranched alkanes of at least 4 members (excludes halogenated alkanes) is 1. The topological polar surface area (TPSA) is 26.3 Å². The van der Waals surface area contributed by atoms with E-state index in [1.54, 1.807) is 6.92 Å². The van der Waals surface area contributed by atoms with Gasteiger partial charge in [0.1, 0.15) is 0 Å². The Morgan fingerprint density at radius 2 is 1.69 bits per heavy atom. The summed E-state index contributed by atoms with van der Waals surface area (Å²) in [6.07, 6.45) is 5.94. The number of esters is 1. The number of ether oxygens (including phenoxy) is 1. The first-order chi connectivity index (χ1) is 6.07. The molecular weight excluding hydrogens is 164 g/mol. The first-order valence-electron chi connectivity index (χ1n) is 4.46. The van der Waals surface area contributed by atoms with Crippen LogP contribution in [0.5, 0.6) is 0 Å². The summed E-state index contributed by atoms with van der Waals surface area (Å²) >= 11 is 0. The van der Waals surface area contributed by atoms with E-state index >= 15 is 0 Å². The number of hydrogen-bond donors (Lipinski definition) is 0. The third kappa shape index (κ3) is 6.14. The molecule has 0 radical (unpaired) electrons. The summed E-state index contributed by atoms with van der Waals surface area (Å²) in [6, 6.07) is 0. The second kappa shape index (κ2) is 6.46. The first-order valence-corrected chi connectivity index (χ1v) is 4.46. The Bertz CT molecular complexity index is 220. The molecule has 0 aromatic rings. The Kier molecular flexibility index (Phi) is 5.94. The molecule has 0 aromatic carbocycles. The summed E-state index contributed by atoms with van der Waals surface area (Å²) in [6.45, 7) is 5.90. The van der Waals surface area contributed by atoms with Gasteiger partial charge in [0, 0.05) is 5.57 Å². The highest BCUT2D eigenvalue weighted by Gasteiger charge is 2.00. The van der Waals surface area contributed by atoms with Gasteiger partial charge in [-0.3, -0.25) is 0 Å². The largest absolute Gasteiger partial charge is 0.466 e. The van der Waals surface area contributed by atoms with Crippen molar-refractivity contribution in [2.75, 3.05) is 7.11 Å². The van der Waals surface area contributed by atoms with Gasteiger partial charge in [-0.25, -0.2) is 4.79 Å². The van der Waals surface area contributed by atoms with Gasteiger partial charge in [-0.1, -0.05) is 17.7 Å². The second-order valence-corrected chi connectivity index (χ2v) is 3.24. The predicted octanol–water partition coefficient (Wildman–Crippen LogP) is 2.85. The molecule has 0 N–H and O–H groups in total. The lowest BCUT2D eigenvalue weighted by Gasteiger charge is -1.97. The SMILES string of the molecule is COC(=O)C(C)=CCCC=C(C)C. The van der Waals surface area contributed by atoms with Crippen LogP contribution in [0.4, 0.5) is 0 Å². The van der Waals surface area contributed by atoms with Crippen LogP contribution in [-0.4, -0.2) is 13.1 Å². The fraction of sp³-hybridized carbons (Fsp3) is 0.545. The number of methoxy groups -OCH3 is 1. The number of hydrogen-bond acceptors (Lipinski definition) is 2. The molecule has 2 nitrogen and oxygen atoms in total. The van der Waals surface area contributed by atoms with E-state index in [2.05, 4.69) is 24.7 Å². The summed E-state index contributed by atoms with van der Waals surface area (Å²) in [5.74, 6) is -0.239. The van der Waals surface area contributed by atoms with Gasteiger partial charge in [-0.05, 0) is 33.6 Å². The standard InChI is InChI=1S/C11H18O2/c1-9(2)7-5-6-8-10(3)11(12)13-4/h7-8H,5-6H2,1-4H3. The molecule has 0 rings (SSSR count). The summed E-state index contributed by atoms with van der Waals surface area (Å²) < 4.78 is 4.57. The van der Waals surface area contributed by atoms with Crippen LogP contribution in [0.25, 0.3) is 0 Å². The number of allylic oxidation sites excluding steroid dienone is 3. The maximum atomic E-state index is 10.9. The molecule has 0 aliphatic rings. The summed E-state index contributed by atoms with van der Waals surface area (Å²) in [4.78, 5) is 10.9. The average molecular weight is 182 g/mol. The van der Waals surface area contributed by atoms with Gasteiger partial charge in [-0.2, -0.15) is 0 Å². The minimum Gasteiger partial charge on any atom is -0.466 e. The molecule has 0 aliphatic carbocycles. The van der Waals surface area contributed by atoms with Crippen LogP contribution in [-0.2, 0) is 9.53 Å². The van der Waals surface area contributed by atoms with Gasteiger partial charge in [0.05, 0.1) is 7.11 Å². The molecule has 0 aromatic heterocycles. The van der Waals surface area contributed by atoms with Gasteiger partial charge in [0.2, 0.25) is 0 Å². The van der Waals surface area contributed by atoms with Crippen molar-refractivity contribution in [3.63, 3.8) is 0 Å². The molecule has 0 aliphatic heterocycles. The number of rotatable bonds is 4. The zero-order valence-electron chi connectivity index (χ0n) is 8.89. The number of carbonyl (C=O) groups excluding carboxylic acids is 1. The molecule has 0 amide bonds. The normalized spacial score (nSPS) is 10.9. The molecule has 0 fully saturated rings. The van der Waals surface area contributed by atoms with Gasteiger partial charge in [-0.15, -0.1) is 0 Å². The van der Waals surface area contributed by atoms with E-state index in [1.807, 2.05) is 6.08 Å². The lowest BCUT2D eigenvalue weighted by Crippen LogP contribution is -2.00. The molecule has 0 saturated carbocycles. The third-order valence-corrected chi connectivity index (χ3v) is 1.68. The minimum atomic E-state index is -0.239. The molecule has 0 spiro atoms. The first kappa shape index (κ1) is 11.9. The maximum Gasteiger partial charge on any atom is 0.333 e. The minimum absolute atomic E-state index is 0.239. The average Bonchev–Trinajstić information content (AvgIpc) is 2.10. The fourth-order valence-electron chi connectivity index (χ4n) is 0.916. The predicted molar refractivity (Wildman–Crippen MR) is 54.4 cm³/mol. The summed E-state index contributed by atoms with van der Waals surface area (Å²) in [7, 11) is 1.40. The van der Waals surface area contributed by atoms with Crippen molar-refractivity contribution in [1.82, 2.24) is 0 Å². The molecular formula is C11H18O2. The lowest BCUT2D eigenvalue weighted by molar-refractivity contribution is -0.136. The summed E-state index contributed by atoms with van der Waals surface area (Å²) in [5, 5.41) is 0. The lowest BCUT2D eigenvalue weighted by atomic mass is 10.2. The van der Waals surface area contributed by atoms with E-state index < -0.39 is 0 Å². The monoisotopic (exact) mass is 182 g/mol. The quantitative estimate of drug-likeness (QED) is 0.289. The molecule has 0 heterocycles. The van der Waals surface area contributed by atoms with Crippen molar-refractivity contribution < 1.29 is 9.53 Å². The van der Waals surface area contributed by atoms with Crippen LogP contribution in [0.2, 0.25) is 0 Å². The second-order valence-electron chi connectivity index (χ2n) is 3.24. The fourth-order valence-corrected chi connectivity index (χ4v) is 0.916. The van der Waals surface area contributed by atoms with E-state index in [0.717, 1.165) is 12.8 Å². The van der Waals surface area contributed by atoms with Crippen molar-refractivity contribution in [2.24, 2.45) is 0 Å². The highest BCUT2D eigenvalue weighted by molar-refractivity contribution is 5.87. The molecule has 13 heavy (non-hydrogen) atoms. The summed E-state index contributed by atoms with van der Waals surface area (Å²) in [5.41, 5.74) is 1.99. The van der Waals surface area contributed by atoms with Crippen LogP contribution in [0.3, 0.4) is 0 Å². The molecule has 2 heteroatoms. The van der Waals surface area contributed by atoms with Crippen molar-refractivity contribution in [3.05, 3.63) is 23.3 Å². The molecule has 0 unspecified atom stereocenters. The Balaban J connectivity index is 3.85. The molecule has 0 bridgehead atoms. The molecule has 74 valence electrons. The Morgan fingerprint density at radius 1 is 1.15 bits per heavy atom. The van der Waals surface area contributed by atoms with Crippen LogP contribution >= 0.6 is 0 Å². The zero-order chi connectivity index (χ0) is 10.3.